The third-order valence-corrected chi connectivity index (χ3v) is 0.816. The Morgan fingerprint density at radius 3 is 2.22 bits per heavy atom. The van der Waals surface area contributed by atoms with Crippen molar-refractivity contribution in [1.29, 1.82) is 0 Å². The Balaban J connectivity index is 3.71. The van der Waals surface area contributed by atoms with E-state index in [1.165, 1.54) is 0 Å². The maximum atomic E-state index is 4.78. The fraction of sp³-hybridized carbons (Fsp3) is 0.250. The molecule has 0 amide bonds. The minimum atomic E-state index is 0.651. The molecule has 1 nitrogen and oxygen atoms in total. The Labute approximate surface area is 56.3 Å². The average Bonchev–Trinajstić information content (AvgIpc) is 1.83. The molecule has 9 heavy (non-hydrogen) atoms. The van der Waals surface area contributed by atoms with Crippen molar-refractivity contribution >= 4 is 0 Å². The first-order valence-corrected chi connectivity index (χ1v) is 2.73. The van der Waals surface area contributed by atoms with E-state index < -0.39 is 0 Å². The Hall–Kier alpha value is -0.980. The molecule has 0 spiro atoms. The topological polar surface area (TPSA) is 9.23 Å². The Bertz CT molecular complexity index is 143. The molecule has 0 aromatic rings. The van der Waals surface area contributed by atoms with Gasteiger partial charge >= 0.3 is 0 Å². The molecule has 0 heterocycles. The summed E-state index contributed by atoms with van der Waals surface area (Å²) in [7, 11) is 1.59. The highest BCUT2D eigenvalue weighted by Gasteiger charge is 1.79. The Morgan fingerprint density at radius 1 is 1.33 bits per heavy atom. The third-order valence-electron chi connectivity index (χ3n) is 0.816. The molecule has 0 rings (SSSR count). The molecule has 50 valence electrons. The smallest absolute Gasteiger partial charge is 0.111 e. The second-order valence-corrected chi connectivity index (χ2v) is 1.85. The molecule has 1 heteroatoms. The van der Waals surface area contributed by atoms with Crippen molar-refractivity contribution in [3.8, 4) is 0 Å². The molecule has 0 atom stereocenters. The molecule has 0 aliphatic carbocycles. The molecule has 0 saturated heterocycles. The molecular weight excluding hydrogens is 112 g/mol. The van der Waals surface area contributed by atoms with Gasteiger partial charge in [0.1, 0.15) is 5.76 Å². The van der Waals surface area contributed by atoms with Gasteiger partial charge in [-0.1, -0.05) is 24.8 Å². The van der Waals surface area contributed by atoms with E-state index >= 15 is 0 Å². The quantitative estimate of drug-likeness (QED) is 0.414. The van der Waals surface area contributed by atoms with E-state index in [4.69, 9.17) is 4.74 Å². The summed E-state index contributed by atoms with van der Waals surface area (Å²) in [5, 5.41) is 0. The van der Waals surface area contributed by atoms with Gasteiger partial charge < -0.3 is 4.74 Å². The van der Waals surface area contributed by atoms with Gasteiger partial charge in [-0.15, -0.1) is 0 Å². The van der Waals surface area contributed by atoms with Gasteiger partial charge in [0, 0.05) is 0 Å². The van der Waals surface area contributed by atoms with Gasteiger partial charge in [-0.2, -0.15) is 0 Å². The van der Waals surface area contributed by atoms with Gasteiger partial charge in [0.15, 0.2) is 0 Å². The fourth-order valence-electron chi connectivity index (χ4n) is 0.303. The molecule has 0 aliphatic heterocycles. The maximum Gasteiger partial charge on any atom is 0.111 e. The van der Waals surface area contributed by atoms with E-state index in [2.05, 4.69) is 13.2 Å². The largest absolute Gasteiger partial charge is 0.497 e. The SMILES string of the molecule is C=C(C)/C=C/C(=C)OC. The van der Waals surface area contributed by atoms with Crippen molar-refractivity contribution in [3.05, 3.63) is 36.6 Å². The zero-order valence-electron chi connectivity index (χ0n) is 5.98. The predicted molar refractivity (Wildman–Crippen MR) is 40.1 cm³/mol. The van der Waals surface area contributed by atoms with Crippen LogP contribution in [-0.4, -0.2) is 7.11 Å². The summed E-state index contributed by atoms with van der Waals surface area (Å²) in [4.78, 5) is 0. The highest BCUT2D eigenvalue weighted by molar-refractivity contribution is 5.18. The molecule has 0 aromatic carbocycles. The van der Waals surface area contributed by atoms with Crippen molar-refractivity contribution in [2.75, 3.05) is 7.11 Å². The highest BCUT2D eigenvalue weighted by Crippen LogP contribution is 1.96. The lowest BCUT2D eigenvalue weighted by molar-refractivity contribution is 0.309. The summed E-state index contributed by atoms with van der Waals surface area (Å²) < 4.78 is 4.78. The fourth-order valence-corrected chi connectivity index (χ4v) is 0.303. The van der Waals surface area contributed by atoms with Crippen LogP contribution in [0.4, 0.5) is 0 Å². The van der Waals surface area contributed by atoms with E-state index in [1.807, 2.05) is 13.0 Å². The van der Waals surface area contributed by atoms with Crippen molar-refractivity contribution in [1.82, 2.24) is 0 Å². The van der Waals surface area contributed by atoms with E-state index in [0.717, 1.165) is 5.57 Å². The van der Waals surface area contributed by atoms with Crippen molar-refractivity contribution in [2.24, 2.45) is 0 Å². The minimum Gasteiger partial charge on any atom is -0.497 e. The lowest BCUT2D eigenvalue weighted by Crippen LogP contribution is -1.76. The number of methoxy groups -OCH3 is 1. The van der Waals surface area contributed by atoms with Crippen LogP contribution >= 0.6 is 0 Å². The van der Waals surface area contributed by atoms with Crippen LogP contribution in [0.3, 0.4) is 0 Å². The monoisotopic (exact) mass is 124 g/mol. The standard InChI is InChI=1S/C8H12O/c1-7(2)5-6-8(3)9-4/h5-6H,1,3H2,2,4H3/b6-5+. The number of hydrogen-bond acceptors (Lipinski definition) is 1. The molecule has 0 unspecified atom stereocenters. The second-order valence-electron chi connectivity index (χ2n) is 1.85. The Kier molecular flexibility index (Phi) is 3.52. The molecule has 0 bridgehead atoms. The number of ether oxygens (including phenoxy) is 1. The van der Waals surface area contributed by atoms with E-state index in [-0.39, 0.29) is 0 Å². The lowest BCUT2D eigenvalue weighted by Gasteiger charge is -1.93. The van der Waals surface area contributed by atoms with Gasteiger partial charge in [0.25, 0.3) is 0 Å². The number of allylic oxidation sites excluding steroid dienone is 3. The summed E-state index contributed by atoms with van der Waals surface area (Å²) >= 11 is 0. The first-order chi connectivity index (χ1) is 4.16. The molecule has 0 radical (unpaired) electrons. The van der Waals surface area contributed by atoms with Crippen LogP contribution < -0.4 is 0 Å². The van der Waals surface area contributed by atoms with Gasteiger partial charge in [-0.25, -0.2) is 0 Å². The summed E-state index contributed by atoms with van der Waals surface area (Å²) in [5.41, 5.74) is 0.994. The summed E-state index contributed by atoms with van der Waals surface area (Å²) in [6.07, 6.45) is 3.63. The lowest BCUT2D eigenvalue weighted by atomic mass is 10.3. The molecule has 0 N–H and O–H groups in total. The molecular formula is C8H12O. The van der Waals surface area contributed by atoms with E-state index in [0.29, 0.717) is 5.76 Å². The third kappa shape index (κ3) is 4.88. The van der Waals surface area contributed by atoms with Gasteiger partial charge in [-0.3, -0.25) is 0 Å². The van der Waals surface area contributed by atoms with Crippen molar-refractivity contribution < 1.29 is 4.74 Å². The normalized spacial score (nSPS) is 9.56. The first kappa shape index (κ1) is 8.02. The summed E-state index contributed by atoms with van der Waals surface area (Å²) in [6.45, 7) is 9.19. The zero-order valence-corrected chi connectivity index (χ0v) is 5.98. The van der Waals surface area contributed by atoms with E-state index in [9.17, 15) is 0 Å². The first-order valence-electron chi connectivity index (χ1n) is 2.73. The van der Waals surface area contributed by atoms with Gasteiger partial charge in [0.05, 0.1) is 7.11 Å². The summed E-state index contributed by atoms with van der Waals surface area (Å²) in [6, 6.07) is 0. The molecule has 0 fully saturated rings. The Morgan fingerprint density at radius 2 is 1.89 bits per heavy atom. The number of hydrogen-bond donors (Lipinski definition) is 0. The highest BCUT2D eigenvalue weighted by atomic mass is 16.5. The van der Waals surface area contributed by atoms with Crippen LogP contribution in [0.25, 0.3) is 0 Å². The minimum absolute atomic E-state index is 0.651. The van der Waals surface area contributed by atoms with Gasteiger partial charge in [-0.05, 0) is 13.0 Å². The van der Waals surface area contributed by atoms with Crippen LogP contribution in [0.5, 0.6) is 0 Å². The molecule has 0 aromatic heterocycles. The van der Waals surface area contributed by atoms with Gasteiger partial charge in [0.2, 0.25) is 0 Å². The van der Waals surface area contributed by atoms with Crippen LogP contribution in [0.15, 0.2) is 36.6 Å². The summed E-state index contributed by atoms with van der Waals surface area (Å²) in [5.74, 6) is 0.651. The second kappa shape index (κ2) is 3.96. The predicted octanol–water partition coefficient (Wildman–Crippen LogP) is 2.28. The molecule has 0 saturated carbocycles. The average molecular weight is 124 g/mol. The van der Waals surface area contributed by atoms with Crippen LogP contribution in [0, 0.1) is 0 Å². The van der Waals surface area contributed by atoms with Crippen LogP contribution in [0.1, 0.15) is 6.92 Å². The van der Waals surface area contributed by atoms with Crippen LogP contribution in [0.2, 0.25) is 0 Å². The van der Waals surface area contributed by atoms with Crippen molar-refractivity contribution in [3.63, 3.8) is 0 Å². The molecule has 0 aliphatic rings. The maximum absolute atomic E-state index is 4.78. The van der Waals surface area contributed by atoms with E-state index in [1.54, 1.807) is 13.2 Å². The van der Waals surface area contributed by atoms with Crippen LogP contribution in [-0.2, 0) is 4.74 Å². The zero-order chi connectivity index (χ0) is 7.28. The number of rotatable bonds is 3. The van der Waals surface area contributed by atoms with Crippen molar-refractivity contribution in [2.45, 2.75) is 6.92 Å².